The topological polar surface area (TPSA) is 52.3 Å². The van der Waals surface area contributed by atoms with E-state index in [2.05, 4.69) is 5.16 Å². The molecule has 0 N–H and O–H groups in total. The first kappa shape index (κ1) is 10.7. The summed E-state index contributed by atoms with van der Waals surface area (Å²) >= 11 is 5.70. The molecule has 4 nitrogen and oxygen atoms in total. The average Bonchev–Trinajstić information content (AvgIpc) is 2.65. The second-order valence-corrected chi connectivity index (χ2v) is 3.61. The second-order valence-electron chi connectivity index (χ2n) is 3.17. The van der Waals surface area contributed by atoms with E-state index in [9.17, 15) is 4.79 Å². The molecule has 0 unspecified atom stereocenters. The quantitative estimate of drug-likeness (QED) is 0.754. The molecule has 0 spiro atoms. The monoisotopic (exact) mass is 237 g/mol. The number of nitrogens with zero attached hydrogens (tertiary/aromatic N) is 1. The Morgan fingerprint density at radius 1 is 1.38 bits per heavy atom. The Balaban J connectivity index is 2.11. The minimum absolute atomic E-state index is 0.150. The van der Waals surface area contributed by atoms with Gasteiger partial charge in [0.05, 0.1) is 5.56 Å². The summed E-state index contributed by atoms with van der Waals surface area (Å²) in [4.78, 5) is 11.6. The van der Waals surface area contributed by atoms with Crippen LogP contribution in [0.25, 0.3) is 0 Å². The summed E-state index contributed by atoms with van der Waals surface area (Å²) < 4.78 is 9.75. The third-order valence-electron chi connectivity index (χ3n) is 1.88. The summed E-state index contributed by atoms with van der Waals surface area (Å²) in [5.74, 6) is 0.237. The van der Waals surface area contributed by atoms with Crippen LogP contribution >= 0.6 is 11.6 Å². The minimum Gasteiger partial charge on any atom is -0.400 e. The largest absolute Gasteiger partial charge is 0.400 e. The van der Waals surface area contributed by atoms with Gasteiger partial charge in [-0.1, -0.05) is 11.6 Å². The van der Waals surface area contributed by atoms with Gasteiger partial charge >= 0.3 is 5.97 Å². The van der Waals surface area contributed by atoms with Crippen molar-refractivity contribution in [1.29, 1.82) is 0 Å². The van der Waals surface area contributed by atoms with E-state index in [0.717, 1.165) is 0 Å². The summed E-state index contributed by atoms with van der Waals surface area (Å²) in [6.07, 6.45) is 0. The van der Waals surface area contributed by atoms with Crippen molar-refractivity contribution in [3.05, 3.63) is 46.7 Å². The fraction of sp³-hybridized carbons (Fsp3) is 0.0909. The highest BCUT2D eigenvalue weighted by Crippen LogP contribution is 2.14. The number of aryl methyl sites for hydroxylation is 1. The number of aromatic nitrogens is 1. The minimum atomic E-state index is -0.495. The molecule has 2 rings (SSSR count). The molecule has 1 aromatic heterocycles. The van der Waals surface area contributed by atoms with Crippen molar-refractivity contribution in [2.45, 2.75) is 6.92 Å². The fourth-order valence-corrected chi connectivity index (χ4v) is 1.26. The smallest absolute Gasteiger partial charge is 0.344 e. The van der Waals surface area contributed by atoms with Gasteiger partial charge in [-0.25, -0.2) is 4.79 Å². The normalized spacial score (nSPS) is 10.1. The van der Waals surface area contributed by atoms with Gasteiger partial charge in [-0.2, -0.15) is 0 Å². The Bertz CT molecular complexity index is 504. The fourth-order valence-electron chi connectivity index (χ4n) is 1.13. The molecule has 2 aromatic rings. The van der Waals surface area contributed by atoms with E-state index in [4.69, 9.17) is 20.9 Å². The molecule has 1 heterocycles. The van der Waals surface area contributed by atoms with Crippen molar-refractivity contribution in [2.24, 2.45) is 0 Å². The number of carbonyl (C=O) groups excluding carboxylic acids is 1. The van der Waals surface area contributed by atoms with Crippen LogP contribution in [0.4, 0.5) is 0 Å². The number of ether oxygens (including phenoxy) is 1. The average molecular weight is 238 g/mol. The molecule has 1 aromatic carbocycles. The summed E-state index contributed by atoms with van der Waals surface area (Å²) in [5.41, 5.74) is 0.407. The highest BCUT2D eigenvalue weighted by atomic mass is 35.5. The van der Waals surface area contributed by atoms with Crippen LogP contribution in [0.1, 0.15) is 16.1 Å². The molecule has 0 bridgehead atoms. The van der Waals surface area contributed by atoms with E-state index in [1.54, 1.807) is 31.2 Å². The van der Waals surface area contributed by atoms with Gasteiger partial charge < -0.3 is 9.26 Å². The zero-order valence-corrected chi connectivity index (χ0v) is 9.19. The molecule has 0 amide bonds. The summed E-state index contributed by atoms with van der Waals surface area (Å²) in [6, 6.07) is 7.93. The lowest BCUT2D eigenvalue weighted by molar-refractivity contribution is 0.0721. The number of hydrogen-bond donors (Lipinski definition) is 0. The molecule has 0 aliphatic carbocycles. The molecule has 5 heteroatoms. The maximum Gasteiger partial charge on any atom is 0.344 e. The van der Waals surface area contributed by atoms with Crippen molar-refractivity contribution in [1.82, 2.24) is 5.16 Å². The molecule has 0 atom stereocenters. The van der Waals surface area contributed by atoms with Gasteiger partial charge in [-0.05, 0) is 36.3 Å². The lowest BCUT2D eigenvalue weighted by Crippen LogP contribution is -2.08. The highest BCUT2D eigenvalue weighted by molar-refractivity contribution is 6.30. The van der Waals surface area contributed by atoms with E-state index in [1.807, 2.05) is 0 Å². The van der Waals surface area contributed by atoms with Crippen LogP contribution < -0.4 is 4.74 Å². The van der Waals surface area contributed by atoms with Gasteiger partial charge in [0.25, 0.3) is 5.88 Å². The first-order valence-electron chi connectivity index (χ1n) is 4.56. The number of hydrogen-bond acceptors (Lipinski definition) is 4. The summed E-state index contributed by atoms with van der Waals surface area (Å²) in [6.45, 7) is 1.71. The Morgan fingerprint density at radius 2 is 2.06 bits per heavy atom. The Labute approximate surface area is 96.8 Å². The molecule has 0 radical (unpaired) electrons. The van der Waals surface area contributed by atoms with Crippen LogP contribution in [0.2, 0.25) is 5.02 Å². The lowest BCUT2D eigenvalue weighted by atomic mass is 10.2. The number of rotatable bonds is 2. The van der Waals surface area contributed by atoms with Crippen LogP contribution in [-0.2, 0) is 0 Å². The van der Waals surface area contributed by atoms with E-state index in [1.165, 1.54) is 6.07 Å². The van der Waals surface area contributed by atoms with E-state index >= 15 is 0 Å². The Kier molecular flexibility index (Phi) is 2.92. The molecule has 16 heavy (non-hydrogen) atoms. The van der Waals surface area contributed by atoms with E-state index < -0.39 is 5.97 Å². The maximum atomic E-state index is 11.6. The number of esters is 1. The van der Waals surface area contributed by atoms with Crippen LogP contribution in [0.3, 0.4) is 0 Å². The van der Waals surface area contributed by atoms with Gasteiger partial charge in [0.15, 0.2) is 0 Å². The van der Waals surface area contributed by atoms with Crippen LogP contribution in [-0.4, -0.2) is 11.1 Å². The van der Waals surface area contributed by atoms with Gasteiger partial charge in [0, 0.05) is 11.1 Å². The Morgan fingerprint density at radius 3 is 2.62 bits per heavy atom. The molecule has 0 aliphatic rings. The van der Waals surface area contributed by atoms with E-state index in [0.29, 0.717) is 16.3 Å². The third kappa shape index (κ3) is 2.41. The van der Waals surface area contributed by atoms with Gasteiger partial charge in [0.2, 0.25) is 0 Å². The van der Waals surface area contributed by atoms with Crippen LogP contribution in [0.15, 0.2) is 34.9 Å². The molecule has 0 saturated heterocycles. The summed E-state index contributed by atoms with van der Waals surface area (Å²) in [5, 5.41) is 4.12. The number of benzene rings is 1. The number of halogens is 1. The van der Waals surface area contributed by atoms with Crippen molar-refractivity contribution in [2.75, 3.05) is 0 Å². The van der Waals surface area contributed by atoms with Gasteiger partial charge in [-0.3, -0.25) is 0 Å². The molecular formula is C11H8ClNO3. The van der Waals surface area contributed by atoms with Crippen molar-refractivity contribution in [3.8, 4) is 5.88 Å². The molecule has 0 fully saturated rings. The van der Waals surface area contributed by atoms with Crippen LogP contribution in [0.5, 0.6) is 5.88 Å². The zero-order valence-electron chi connectivity index (χ0n) is 8.44. The predicted octanol–water partition coefficient (Wildman–Crippen LogP) is 2.86. The maximum absolute atomic E-state index is 11.6. The molecular weight excluding hydrogens is 230 g/mol. The van der Waals surface area contributed by atoms with Crippen LogP contribution in [0, 0.1) is 6.92 Å². The zero-order chi connectivity index (χ0) is 11.5. The number of carbonyl (C=O) groups is 1. The first-order valence-corrected chi connectivity index (χ1v) is 4.94. The third-order valence-corrected chi connectivity index (χ3v) is 2.14. The van der Waals surface area contributed by atoms with Crippen molar-refractivity contribution >= 4 is 17.6 Å². The first-order chi connectivity index (χ1) is 7.65. The Hall–Kier alpha value is -1.81. The summed E-state index contributed by atoms with van der Waals surface area (Å²) in [7, 11) is 0. The predicted molar refractivity (Wildman–Crippen MR) is 57.7 cm³/mol. The second kappa shape index (κ2) is 4.37. The lowest BCUT2D eigenvalue weighted by Gasteiger charge is -1.99. The van der Waals surface area contributed by atoms with E-state index in [-0.39, 0.29) is 5.88 Å². The molecule has 0 aliphatic heterocycles. The van der Waals surface area contributed by atoms with Crippen molar-refractivity contribution < 1.29 is 14.1 Å². The van der Waals surface area contributed by atoms with Gasteiger partial charge in [0.1, 0.15) is 5.76 Å². The SMILES string of the molecule is Cc1cc(OC(=O)c2ccc(Cl)cc2)no1. The van der Waals surface area contributed by atoms with Gasteiger partial charge in [-0.15, -0.1) is 0 Å². The standard InChI is InChI=1S/C11H8ClNO3/c1-7-6-10(13-16-7)15-11(14)8-2-4-9(12)5-3-8/h2-6H,1H3. The highest BCUT2D eigenvalue weighted by Gasteiger charge is 2.10. The van der Waals surface area contributed by atoms with Crippen molar-refractivity contribution in [3.63, 3.8) is 0 Å². The molecule has 0 saturated carbocycles. The molecule has 82 valence electrons.